The lowest BCUT2D eigenvalue weighted by molar-refractivity contribution is 0.285. The van der Waals surface area contributed by atoms with Crippen LogP contribution in [-0.2, 0) is 10.2 Å². The van der Waals surface area contributed by atoms with E-state index in [0.29, 0.717) is 25.3 Å². The molecular formula is C10H16N4O2S. The fourth-order valence-electron chi connectivity index (χ4n) is 1.81. The van der Waals surface area contributed by atoms with Crippen molar-refractivity contribution >= 4 is 15.9 Å². The number of rotatable bonds is 3. The summed E-state index contributed by atoms with van der Waals surface area (Å²) in [6.45, 7) is 3.72. The zero-order valence-corrected chi connectivity index (χ0v) is 10.4. The summed E-state index contributed by atoms with van der Waals surface area (Å²) in [6, 6.07) is 3.33. The lowest BCUT2D eigenvalue weighted by Gasteiger charge is -2.32. The number of piperazine rings is 1. The van der Waals surface area contributed by atoms with Gasteiger partial charge in [-0.15, -0.1) is 0 Å². The number of aromatic nitrogens is 1. The fraction of sp³-hybridized carbons (Fsp3) is 0.500. The smallest absolute Gasteiger partial charge is 0.302 e. The Balaban J connectivity index is 2.13. The average Bonchev–Trinajstić information content (AvgIpc) is 2.30. The first-order chi connectivity index (χ1) is 8.09. The minimum absolute atomic E-state index is 0.0436. The fourth-order valence-corrected chi connectivity index (χ4v) is 3.23. The van der Waals surface area contributed by atoms with Crippen LogP contribution in [0.2, 0.25) is 0 Å². The van der Waals surface area contributed by atoms with E-state index < -0.39 is 10.2 Å². The van der Waals surface area contributed by atoms with E-state index in [-0.39, 0.29) is 6.04 Å². The topological polar surface area (TPSA) is 74.3 Å². The maximum absolute atomic E-state index is 12.1. The van der Waals surface area contributed by atoms with Crippen LogP contribution in [0.5, 0.6) is 0 Å². The third kappa shape index (κ3) is 2.93. The maximum atomic E-state index is 12.1. The number of anilines is 1. The molecule has 94 valence electrons. The van der Waals surface area contributed by atoms with Crippen molar-refractivity contribution in [3.63, 3.8) is 0 Å². The lowest BCUT2D eigenvalue weighted by Crippen LogP contribution is -2.53. The molecule has 6 nitrogen and oxygen atoms in total. The summed E-state index contributed by atoms with van der Waals surface area (Å²) in [7, 11) is -3.48. The van der Waals surface area contributed by atoms with Gasteiger partial charge in [0.1, 0.15) is 0 Å². The summed E-state index contributed by atoms with van der Waals surface area (Å²) < 4.78 is 28.2. The van der Waals surface area contributed by atoms with Crippen LogP contribution in [0.1, 0.15) is 6.92 Å². The first-order valence-corrected chi connectivity index (χ1v) is 6.94. The molecule has 0 spiro atoms. The Hall–Kier alpha value is -1.18. The molecule has 0 saturated carbocycles. The molecule has 2 rings (SSSR count). The highest BCUT2D eigenvalue weighted by Crippen LogP contribution is 2.13. The number of nitrogens with one attached hydrogen (secondary N) is 2. The highest BCUT2D eigenvalue weighted by Gasteiger charge is 2.29. The molecule has 1 fully saturated rings. The van der Waals surface area contributed by atoms with Crippen molar-refractivity contribution in [2.24, 2.45) is 0 Å². The molecule has 0 amide bonds. The van der Waals surface area contributed by atoms with Crippen molar-refractivity contribution in [3.8, 4) is 0 Å². The second kappa shape index (κ2) is 4.99. The van der Waals surface area contributed by atoms with Gasteiger partial charge >= 0.3 is 10.2 Å². The van der Waals surface area contributed by atoms with Gasteiger partial charge in [0.05, 0.1) is 11.9 Å². The molecule has 1 saturated heterocycles. The van der Waals surface area contributed by atoms with Gasteiger partial charge in [0, 0.05) is 31.9 Å². The van der Waals surface area contributed by atoms with Gasteiger partial charge in [-0.1, -0.05) is 0 Å². The minimum atomic E-state index is -3.48. The number of hydrogen-bond acceptors (Lipinski definition) is 4. The zero-order chi connectivity index (χ0) is 12.3. The van der Waals surface area contributed by atoms with E-state index >= 15 is 0 Å². The normalized spacial score (nSPS) is 22.3. The van der Waals surface area contributed by atoms with Gasteiger partial charge in [-0.3, -0.25) is 9.71 Å². The SMILES string of the molecule is CC1CNCCN1S(=O)(=O)Nc1cccnc1. The van der Waals surface area contributed by atoms with Crippen molar-refractivity contribution in [2.45, 2.75) is 13.0 Å². The highest BCUT2D eigenvalue weighted by molar-refractivity contribution is 7.90. The van der Waals surface area contributed by atoms with Crippen LogP contribution in [0.25, 0.3) is 0 Å². The Labute approximate surface area is 101 Å². The molecule has 1 aromatic heterocycles. The van der Waals surface area contributed by atoms with E-state index in [1.54, 1.807) is 18.3 Å². The number of pyridine rings is 1. The molecule has 2 N–H and O–H groups in total. The van der Waals surface area contributed by atoms with E-state index in [1.165, 1.54) is 10.5 Å². The van der Waals surface area contributed by atoms with Gasteiger partial charge in [-0.25, -0.2) is 0 Å². The Bertz CT molecular complexity index is 462. The quantitative estimate of drug-likeness (QED) is 0.800. The summed E-state index contributed by atoms with van der Waals surface area (Å²) >= 11 is 0. The van der Waals surface area contributed by atoms with Gasteiger partial charge in [-0.2, -0.15) is 12.7 Å². The van der Waals surface area contributed by atoms with Gasteiger partial charge in [0.2, 0.25) is 0 Å². The highest BCUT2D eigenvalue weighted by atomic mass is 32.2. The van der Waals surface area contributed by atoms with Crippen LogP contribution in [0, 0.1) is 0 Å². The van der Waals surface area contributed by atoms with Gasteiger partial charge in [-0.05, 0) is 19.1 Å². The molecular weight excluding hydrogens is 240 g/mol. The standard InChI is InChI=1S/C10H16N4O2S/c1-9-7-12-5-6-14(9)17(15,16)13-10-3-2-4-11-8-10/h2-4,8-9,12-13H,5-7H2,1H3. The predicted octanol–water partition coefficient (Wildman–Crippen LogP) is 0.0320. The van der Waals surface area contributed by atoms with Crippen LogP contribution in [0.15, 0.2) is 24.5 Å². The van der Waals surface area contributed by atoms with Crippen molar-refractivity contribution in [1.29, 1.82) is 0 Å². The summed E-state index contributed by atoms with van der Waals surface area (Å²) in [5.41, 5.74) is 0.484. The van der Waals surface area contributed by atoms with Crippen molar-refractivity contribution in [2.75, 3.05) is 24.4 Å². The molecule has 2 heterocycles. The van der Waals surface area contributed by atoms with Crippen molar-refractivity contribution in [1.82, 2.24) is 14.6 Å². The third-order valence-electron chi connectivity index (χ3n) is 2.66. The lowest BCUT2D eigenvalue weighted by atomic mass is 10.3. The van der Waals surface area contributed by atoms with Crippen LogP contribution >= 0.6 is 0 Å². The summed E-state index contributed by atoms with van der Waals surface area (Å²) in [5.74, 6) is 0. The van der Waals surface area contributed by atoms with Crippen LogP contribution in [0.3, 0.4) is 0 Å². The summed E-state index contributed by atoms with van der Waals surface area (Å²) in [4.78, 5) is 3.88. The number of hydrogen-bond donors (Lipinski definition) is 2. The van der Waals surface area contributed by atoms with Crippen LogP contribution in [0.4, 0.5) is 5.69 Å². The largest absolute Gasteiger partial charge is 0.314 e. The summed E-state index contributed by atoms with van der Waals surface area (Å²) in [5, 5.41) is 3.15. The molecule has 1 unspecified atom stereocenters. The van der Waals surface area contributed by atoms with E-state index in [4.69, 9.17) is 0 Å². The molecule has 0 bridgehead atoms. The third-order valence-corrected chi connectivity index (χ3v) is 4.31. The van der Waals surface area contributed by atoms with Crippen molar-refractivity contribution < 1.29 is 8.42 Å². The molecule has 0 aliphatic carbocycles. The van der Waals surface area contributed by atoms with Crippen LogP contribution < -0.4 is 10.0 Å². The molecule has 1 aromatic rings. The Kier molecular flexibility index (Phi) is 3.60. The molecule has 0 aromatic carbocycles. The number of nitrogens with zero attached hydrogens (tertiary/aromatic N) is 2. The maximum Gasteiger partial charge on any atom is 0.302 e. The monoisotopic (exact) mass is 256 g/mol. The predicted molar refractivity (Wildman–Crippen MR) is 65.8 cm³/mol. The Morgan fingerprint density at radius 2 is 2.41 bits per heavy atom. The second-order valence-electron chi connectivity index (χ2n) is 4.01. The molecule has 1 aliphatic heterocycles. The first kappa shape index (κ1) is 12.3. The van der Waals surface area contributed by atoms with Gasteiger partial charge < -0.3 is 5.32 Å². The molecule has 7 heteroatoms. The van der Waals surface area contributed by atoms with Crippen molar-refractivity contribution in [3.05, 3.63) is 24.5 Å². The molecule has 1 atom stereocenters. The van der Waals surface area contributed by atoms with Gasteiger partial charge in [0.15, 0.2) is 0 Å². The minimum Gasteiger partial charge on any atom is -0.314 e. The molecule has 17 heavy (non-hydrogen) atoms. The van der Waals surface area contributed by atoms with Crippen LogP contribution in [-0.4, -0.2) is 43.4 Å². The van der Waals surface area contributed by atoms with E-state index in [1.807, 2.05) is 6.92 Å². The first-order valence-electron chi connectivity index (χ1n) is 5.50. The van der Waals surface area contributed by atoms with Gasteiger partial charge in [0.25, 0.3) is 0 Å². The molecule has 0 radical (unpaired) electrons. The second-order valence-corrected chi connectivity index (χ2v) is 5.64. The van der Waals surface area contributed by atoms with E-state index in [9.17, 15) is 8.42 Å². The zero-order valence-electron chi connectivity index (χ0n) is 9.63. The van der Waals surface area contributed by atoms with E-state index in [2.05, 4.69) is 15.0 Å². The molecule has 1 aliphatic rings. The Morgan fingerprint density at radius 1 is 1.59 bits per heavy atom. The average molecular weight is 256 g/mol. The summed E-state index contributed by atoms with van der Waals surface area (Å²) in [6.07, 6.45) is 3.09. The van der Waals surface area contributed by atoms with E-state index in [0.717, 1.165) is 0 Å². The Morgan fingerprint density at radius 3 is 3.06 bits per heavy atom.